The monoisotopic (exact) mass is 239 g/mol. The molecular weight excluding hydrogens is 226 g/mol. The number of carboxylic acids is 1. The van der Waals surface area contributed by atoms with Crippen molar-refractivity contribution in [1.29, 1.82) is 0 Å². The molecule has 2 N–H and O–H groups in total. The third kappa shape index (κ3) is 2.14. The number of nitrogens with one attached hydrogen (secondary N) is 1. The van der Waals surface area contributed by atoms with Gasteiger partial charge in [-0.25, -0.2) is 0 Å². The minimum Gasteiger partial charge on any atom is -0.481 e. The lowest BCUT2D eigenvalue weighted by molar-refractivity contribution is -0.138. The highest BCUT2D eigenvalue weighted by Crippen LogP contribution is 2.37. The Morgan fingerprint density at radius 3 is 2.69 bits per heavy atom. The van der Waals surface area contributed by atoms with Gasteiger partial charge >= 0.3 is 5.97 Å². The van der Waals surface area contributed by atoms with Gasteiger partial charge in [0.25, 0.3) is 0 Å². The SMILES string of the molecule is Cc1cc(C)c(NC2CC2C(=O)O)c(Cl)c1. The lowest BCUT2D eigenvalue weighted by Crippen LogP contribution is -2.11. The van der Waals surface area contributed by atoms with Gasteiger partial charge in [-0.2, -0.15) is 0 Å². The molecule has 1 aliphatic carbocycles. The number of hydrogen-bond acceptors (Lipinski definition) is 2. The van der Waals surface area contributed by atoms with Gasteiger partial charge in [0, 0.05) is 6.04 Å². The topological polar surface area (TPSA) is 49.3 Å². The van der Waals surface area contributed by atoms with Crippen molar-refractivity contribution >= 4 is 23.3 Å². The van der Waals surface area contributed by atoms with Gasteiger partial charge in [0.2, 0.25) is 0 Å². The van der Waals surface area contributed by atoms with E-state index in [-0.39, 0.29) is 12.0 Å². The Balaban J connectivity index is 2.14. The van der Waals surface area contributed by atoms with E-state index in [9.17, 15) is 4.79 Å². The number of hydrogen-bond donors (Lipinski definition) is 2. The van der Waals surface area contributed by atoms with Crippen LogP contribution in [-0.4, -0.2) is 17.1 Å². The molecule has 0 spiro atoms. The first-order chi connectivity index (χ1) is 7.49. The molecule has 16 heavy (non-hydrogen) atoms. The molecule has 1 saturated carbocycles. The Morgan fingerprint density at radius 1 is 1.50 bits per heavy atom. The third-order valence-corrected chi connectivity index (χ3v) is 3.17. The summed E-state index contributed by atoms with van der Waals surface area (Å²) in [5.41, 5.74) is 3.03. The van der Waals surface area contributed by atoms with Gasteiger partial charge < -0.3 is 10.4 Å². The quantitative estimate of drug-likeness (QED) is 0.853. The summed E-state index contributed by atoms with van der Waals surface area (Å²) < 4.78 is 0. The summed E-state index contributed by atoms with van der Waals surface area (Å²) in [4.78, 5) is 10.7. The molecule has 4 heteroatoms. The van der Waals surface area contributed by atoms with Crippen molar-refractivity contribution in [2.24, 2.45) is 5.92 Å². The molecule has 1 fully saturated rings. The molecule has 0 radical (unpaired) electrons. The summed E-state index contributed by atoms with van der Waals surface area (Å²) in [6, 6.07) is 3.94. The van der Waals surface area contributed by atoms with Crippen LogP contribution in [0.4, 0.5) is 5.69 Å². The van der Waals surface area contributed by atoms with Crippen LogP contribution in [-0.2, 0) is 4.79 Å². The smallest absolute Gasteiger partial charge is 0.308 e. The Hall–Kier alpha value is -1.22. The summed E-state index contributed by atoms with van der Waals surface area (Å²) in [6.45, 7) is 3.96. The van der Waals surface area contributed by atoms with Crippen molar-refractivity contribution in [2.45, 2.75) is 26.3 Å². The van der Waals surface area contributed by atoms with Crippen LogP contribution in [0.2, 0.25) is 5.02 Å². The second-order valence-corrected chi connectivity index (χ2v) is 4.78. The molecule has 2 atom stereocenters. The highest BCUT2D eigenvalue weighted by atomic mass is 35.5. The van der Waals surface area contributed by atoms with Crippen molar-refractivity contribution in [3.63, 3.8) is 0 Å². The zero-order valence-electron chi connectivity index (χ0n) is 9.25. The molecule has 86 valence electrons. The summed E-state index contributed by atoms with van der Waals surface area (Å²) in [5, 5.41) is 12.7. The van der Waals surface area contributed by atoms with E-state index in [0.29, 0.717) is 11.4 Å². The predicted octanol–water partition coefficient (Wildman–Crippen LogP) is 2.84. The fourth-order valence-corrected chi connectivity index (χ4v) is 2.29. The number of rotatable bonds is 3. The Kier molecular flexibility index (Phi) is 2.80. The highest BCUT2D eigenvalue weighted by molar-refractivity contribution is 6.33. The first-order valence-corrected chi connectivity index (χ1v) is 5.63. The van der Waals surface area contributed by atoms with E-state index in [1.165, 1.54) is 0 Å². The second kappa shape index (κ2) is 3.98. The lowest BCUT2D eigenvalue weighted by Gasteiger charge is -2.12. The molecule has 0 bridgehead atoms. The summed E-state index contributed by atoms with van der Waals surface area (Å²) >= 11 is 6.12. The summed E-state index contributed by atoms with van der Waals surface area (Å²) in [6.07, 6.45) is 0.680. The number of aryl methyl sites for hydroxylation is 2. The molecule has 3 nitrogen and oxygen atoms in total. The van der Waals surface area contributed by atoms with E-state index >= 15 is 0 Å². The maximum atomic E-state index is 10.7. The Labute approximate surface area is 99.4 Å². The molecular formula is C12H14ClNO2. The van der Waals surface area contributed by atoms with E-state index in [4.69, 9.17) is 16.7 Å². The molecule has 1 aliphatic rings. The van der Waals surface area contributed by atoms with Crippen LogP contribution in [0.15, 0.2) is 12.1 Å². The van der Waals surface area contributed by atoms with E-state index in [1.54, 1.807) is 0 Å². The fourth-order valence-electron chi connectivity index (χ4n) is 1.91. The van der Waals surface area contributed by atoms with E-state index < -0.39 is 5.97 Å². The van der Waals surface area contributed by atoms with E-state index in [2.05, 4.69) is 5.32 Å². The number of carbonyl (C=O) groups is 1. The molecule has 0 aromatic heterocycles. The average molecular weight is 240 g/mol. The Bertz CT molecular complexity index is 422. The van der Waals surface area contributed by atoms with Crippen molar-refractivity contribution < 1.29 is 9.90 Å². The van der Waals surface area contributed by atoms with Crippen LogP contribution >= 0.6 is 11.6 Å². The summed E-state index contributed by atoms with van der Waals surface area (Å²) in [7, 11) is 0. The first kappa shape index (κ1) is 11.3. The van der Waals surface area contributed by atoms with Crippen LogP contribution in [0.5, 0.6) is 0 Å². The Morgan fingerprint density at radius 2 is 2.19 bits per heavy atom. The van der Waals surface area contributed by atoms with Crippen LogP contribution in [0.3, 0.4) is 0 Å². The molecule has 1 aromatic carbocycles. The number of benzene rings is 1. The van der Waals surface area contributed by atoms with Crippen LogP contribution in [0.1, 0.15) is 17.5 Å². The first-order valence-electron chi connectivity index (χ1n) is 5.25. The van der Waals surface area contributed by atoms with Crippen LogP contribution < -0.4 is 5.32 Å². The number of carboxylic acid groups (broad SMARTS) is 1. The van der Waals surface area contributed by atoms with Crippen molar-refractivity contribution in [3.05, 3.63) is 28.3 Å². The fraction of sp³-hybridized carbons (Fsp3) is 0.417. The number of aliphatic carboxylic acids is 1. The zero-order valence-corrected chi connectivity index (χ0v) is 10.0. The van der Waals surface area contributed by atoms with Crippen LogP contribution in [0, 0.1) is 19.8 Å². The van der Waals surface area contributed by atoms with Gasteiger partial charge in [0.1, 0.15) is 0 Å². The molecule has 0 saturated heterocycles. The maximum Gasteiger partial charge on any atom is 0.308 e. The van der Waals surface area contributed by atoms with Gasteiger partial charge in [-0.05, 0) is 37.5 Å². The van der Waals surface area contributed by atoms with Crippen molar-refractivity contribution in [2.75, 3.05) is 5.32 Å². The molecule has 0 heterocycles. The largest absolute Gasteiger partial charge is 0.481 e. The van der Waals surface area contributed by atoms with E-state index in [1.807, 2.05) is 26.0 Å². The van der Waals surface area contributed by atoms with Gasteiger partial charge in [-0.1, -0.05) is 17.7 Å². The number of halogens is 1. The minimum absolute atomic E-state index is 0.0245. The van der Waals surface area contributed by atoms with Crippen LogP contribution in [0.25, 0.3) is 0 Å². The molecule has 0 amide bonds. The molecule has 2 rings (SSSR count). The van der Waals surface area contributed by atoms with Gasteiger partial charge in [-0.15, -0.1) is 0 Å². The second-order valence-electron chi connectivity index (χ2n) is 4.37. The van der Waals surface area contributed by atoms with Gasteiger partial charge in [-0.3, -0.25) is 4.79 Å². The van der Waals surface area contributed by atoms with Gasteiger partial charge in [0.15, 0.2) is 0 Å². The molecule has 0 aliphatic heterocycles. The zero-order chi connectivity index (χ0) is 11.9. The van der Waals surface area contributed by atoms with Crippen molar-refractivity contribution in [1.82, 2.24) is 0 Å². The molecule has 2 unspecified atom stereocenters. The third-order valence-electron chi connectivity index (χ3n) is 2.87. The summed E-state index contributed by atoms with van der Waals surface area (Å²) in [5.74, 6) is -1.00. The lowest BCUT2D eigenvalue weighted by atomic mass is 10.1. The standard InChI is InChI=1S/C12H14ClNO2/c1-6-3-7(2)11(9(13)4-6)14-10-5-8(10)12(15)16/h3-4,8,10,14H,5H2,1-2H3,(H,15,16). The maximum absolute atomic E-state index is 10.7. The normalized spacial score (nSPS) is 22.9. The van der Waals surface area contributed by atoms with E-state index in [0.717, 1.165) is 16.8 Å². The number of anilines is 1. The predicted molar refractivity (Wildman–Crippen MR) is 64.1 cm³/mol. The highest BCUT2D eigenvalue weighted by Gasteiger charge is 2.43. The molecule has 1 aromatic rings. The van der Waals surface area contributed by atoms with Crippen molar-refractivity contribution in [3.8, 4) is 0 Å². The average Bonchev–Trinajstić information content (AvgIpc) is 2.90. The minimum atomic E-state index is -0.738. The van der Waals surface area contributed by atoms with Gasteiger partial charge in [0.05, 0.1) is 16.6 Å².